The van der Waals surface area contributed by atoms with Crippen molar-refractivity contribution in [3.63, 3.8) is 0 Å². The van der Waals surface area contributed by atoms with Crippen LogP contribution < -0.4 is 0 Å². The first-order chi connectivity index (χ1) is 10.3. The lowest BCUT2D eigenvalue weighted by molar-refractivity contribution is 0.807. The predicted octanol–water partition coefficient (Wildman–Crippen LogP) is 7.49. The molecule has 0 aliphatic heterocycles. The lowest BCUT2D eigenvalue weighted by Crippen LogP contribution is -2.03. The van der Waals surface area contributed by atoms with Crippen molar-refractivity contribution in [1.82, 2.24) is 0 Å². The fraction of sp³-hybridized carbons (Fsp3) is 0.429. The molecule has 2 aromatic rings. The van der Waals surface area contributed by atoms with Gasteiger partial charge in [-0.05, 0) is 51.6 Å². The molecule has 0 bridgehead atoms. The number of benzene rings is 2. The molecule has 0 fully saturated rings. The van der Waals surface area contributed by atoms with Crippen molar-refractivity contribution in [2.24, 2.45) is 0 Å². The molecule has 0 amide bonds. The predicted molar refractivity (Wildman–Crippen MR) is 102 cm³/mol. The Hall–Kier alpha value is -1.08. The highest BCUT2D eigenvalue weighted by Crippen LogP contribution is 2.41. The van der Waals surface area contributed by atoms with Gasteiger partial charge in [-0.1, -0.05) is 87.8 Å². The van der Waals surface area contributed by atoms with E-state index >= 15 is 0 Å². The Kier molecular flexibility index (Phi) is 5.50. The number of halogens is 1. The number of rotatable bonds is 4. The summed E-state index contributed by atoms with van der Waals surface area (Å²) < 4.78 is 1.18. The molecular formula is C21H27Br. The Labute approximate surface area is 144 Å². The van der Waals surface area contributed by atoms with Crippen LogP contribution in [0, 0.1) is 0 Å². The topological polar surface area (TPSA) is 0 Å². The van der Waals surface area contributed by atoms with E-state index in [2.05, 4.69) is 93.9 Å². The van der Waals surface area contributed by atoms with Gasteiger partial charge in [0.15, 0.2) is 0 Å². The fourth-order valence-corrected chi connectivity index (χ4v) is 3.41. The largest absolute Gasteiger partial charge is 0.0616 e. The van der Waals surface area contributed by atoms with Crippen LogP contribution in [0.1, 0.15) is 76.0 Å². The van der Waals surface area contributed by atoms with Gasteiger partial charge in [0.2, 0.25) is 0 Å². The van der Waals surface area contributed by atoms with Gasteiger partial charge < -0.3 is 0 Å². The lowest BCUT2D eigenvalue weighted by atomic mass is 9.82. The minimum Gasteiger partial charge on any atom is -0.0616 e. The molecule has 118 valence electrons. The summed E-state index contributed by atoms with van der Waals surface area (Å²) in [6, 6.07) is 13.4. The Balaban J connectivity index is 2.83. The van der Waals surface area contributed by atoms with Crippen LogP contribution in [-0.4, -0.2) is 0 Å². The monoisotopic (exact) mass is 358 g/mol. The third-order valence-electron chi connectivity index (χ3n) is 4.28. The molecule has 0 heterocycles. The summed E-state index contributed by atoms with van der Waals surface area (Å²) >= 11 is 3.75. The zero-order valence-corrected chi connectivity index (χ0v) is 16.2. The maximum absolute atomic E-state index is 3.75. The summed E-state index contributed by atoms with van der Waals surface area (Å²) in [4.78, 5) is 0. The maximum atomic E-state index is 3.75. The summed E-state index contributed by atoms with van der Waals surface area (Å²) in [6.45, 7) is 13.7. The molecule has 22 heavy (non-hydrogen) atoms. The van der Waals surface area contributed by atoms with E-state index in [4.69, 9.17) is 0 Å². The maximum Gasteiger partial charge on any atom is 0.0253 e. The van der Waals surface area contributed by atoms with E-state index < -0.39 is 0 Å². The molecule has 1 heteroatoms. The molecular weight excluding hydrogens is 332 g/mol. The van der Waals surface area contributed by atoms with Crippen molar-refractivity contribution in [3.05, 3.63) is 57.6 Å². The molecule has 0 spiro atoms. The Morgan fingerprint density at radius 3 is 1.64 bits per heavy atom. The number of hydrogen-bond acceptors (Lipinski definition) is 0. The number of hydrogen-bond donors (Lipinski definition) is 0. The van der Waals surface area contributed by atoms with Crippen LogP contribution in [-0.2, 0) is 0 Å². The van der Waals surface area contributed by atoms with E-state index in [0.717, 1.165) is 0 Å². The molecule has 0 aromatic heterocycles. The lowest BCUT2D eigenvalue weighted by Gasteiger charge is -2.23. The second-order valence-corrected chi connectivity index (χ2v) is 7.87. The van der Waals surface area contributed by atoms with Crippen LogP contribution in [0.4, 0.5) is 0 Å². The Morgan fingerprint density at radius 2 is 1.23 bits per heavy atom. The van der Waals surface area contributed by atoms with Gasteiger partial charge in [-0.2, -0.15) is 0 Å². The molecule has 0 aliphatic rings. The first-order valence-corrected chi connectivity index (χ1v) is 9.04. The molecule has 2 aromatic carbocycles. The highest BCUT2D eigenvalue weighted by Gasteiger charge is 2.19. The third-order valence-corrected chi connectivity index (χ3v) is 4.97. The Morgan fingerprint density at radius 1 is 0.727 bits per heavy atom. The molecule has 0 aliphatic carbocycles. The van der Waals surface area contributed by atoms with Crippen LogP contribution in [0.2, 0.25) is 0 Å². The van der Waals surface area contributed by atoms with Crippen LogP contribution in [0.15, 0.2) is 40.9 Å². The first-order valence-electron chi connectivity index (χ1n) is 8.25. The van der Waals surface area contributed by atoms with Gasteiger partial charge in [-0.15, -0.1) is 0 Å². The van der Waals surface area contributed by atoms with Crippen LogP contribution in [0.3, 0.4) is 0 Å². The van der Waals surface area contributed by atoms with E-state index in [1.807, 2.05) is 0 Å². The first kappa shape index (κ1) is 17.3. The van der Waals surface area contributed by atoms with Crippen LogP contribution in [0.5, 0.6) is 0 Å². The summed E-state index contributed by atoms with van der Waals surface area (Å²) in [5.74, 6) is 1.58. The second kappa shape index (κ2) is 7.00. The zero-order chi connectivity index (χ0) is 16.4. The average molecular weight is 359 g/mol. The summed E-state index contributed by atoms with van der Waals surface area (Å²) in [7, 11) is 0. The van der Waals surface area contributed by atoms with E-state index in [1.54, 1.807) is 0 Å². The van der Waals surface area contributed by atoms with Gasteiger partial charge in [0, 0.05) is 4.47 Å². The molecule has 0 saturated carbocycles. The quantitative estimate of drug-likeness (QED) is 0.530. The van der Waals surface area contributed by atoms with Gasteiger partial charge >= 0.3 is 0 Å². The van der Waals surface area contributed by atoms with Crippen LogP contribution in [0.25, 0.3) is 11.1 Å². The van der Waals surface area contributed by atoms with E-state index in [9.17, 15) is 0 Å². The highest BCUT2D eigenvalue weighted by molar-refractivity contribution is 9.10. The average Bonchev–Trinajstić information content (AvgIpc) is 2.46. The molecule has 0 atom stereocenters. The molecule has 0 saturated heterocycles. The van der Waals surface area contributed by atoms with Gasteiger partial charge in [0.05, 0.1) is 0 Å². The molecule has 2 rings (SSSR count). The van der Waals surface area contributed by atoms with Crippen LogP contribution >= 0.6 is 15.9 Å². The minimum atomic E-state index is 0.512. The molecule has 0 radical (unpaired) electrons. The minimum absolute atomic E-state index is 0.512. The van der Waals surface area contributed by atoms with E-state index in [0.29, 0.717) is 17.8 Å². The normalized spacial score (nSPS) is 11.7. The summed E-state index contributed by atoms with van der Waals surface area (Å²) in [6.07, 6.45) is 0. The van der Waals surface area contributed by atoms with Crippen molar-refractivity contribution >= 4 is 15.9 Å². The van der Waals surface area contributed by atoms with Gasteiger partial charge in [0.25, 0.3) is 0 Å². The summed E-state index contributed by atoms with van der Waals surface area (Å²) in [5, 5.41) is 0. The van der Waals surface area contributed by atoms with Gasteiger partial charge in [-0.25, -0.2) is 0 Å². The third kappa shape index (κ3) is 3.46. The van der Waals surface area contributed by atoms with Crippen molar-refractivity contribution in [2.45, 2.75) is 59.3 Å². The van der Waals surface area contributed by atoms with Crippen molar-refractivity contribution < 1.29 is 0 Å². The standard InChI is InChI=1S/C21H27Br/c1-13(2)16-11-18(14(3)4)21(19(12-16)15(5)6)17-9-7-8-10-20(17)22/h7-15H,1-6H3. The van der Waals surface area contributed by atoms with Gasteiger partial charge in [0.1, 0.15) is 0 Å². The second-order valence-electron chi connectivity index (χ2n) is 7.02. The molecule has 0 unspecified atom stereocenters. The van der Waals surface area contributed by atoms with Crippen molar-refractivity contribution in [3.8, 4) is 11.1 Å². The molecule has 0 nitrogen and oxygen atoms in total. The SMILES string of the molecule is CC(C)c1cc(C(C)C)c(-c2ccccc2Br)c(C(C)C)c1. The van der Waals surface area contributed by atoms with Crippen molar-refractivity contribution in [1.29, 1.82) is 0 Å². The summed E-state index contributed by atoms with van der Waals surface area (Å²) in [5.41, 5.74) is 7.10. The smallest absolute Gasteiger partial charge is 0.0253 e. The van der Waals surface area contributed by atoms with Gasteiger partial charge in [-0.3, -0.25) is 0 Å². The zero-order valence-electron chi connectivity index (χ0n) is 14.6. The Bertz CT molecular complexity index is 622. The van der Waals surface area contributed by atoms with E-state index in [-0.39, 0.29) is 0 Å². The highest BCUT2D eigenvalue weighted by atomic mass is 79.9. The van der Waals surface area contributed by atoms with Crippen molar-refractivity contribution in [2.75, 3.05) is 0 Å². The fourth-order valence-electron chi connectivity index (χ4n) is 2.93. The van der Waals surface area contributed by atoms with E-state index in [1.165, 1.54) is 32.3 Å². The molecule has 0 N–H and O–H groups in total.